The van der Waals surface area contributed by atoms with Crippen LogP contribution in [0.3, 0.4) is 0 Å². The summed E-state index contributed by atoms with van der Waals surface area (Å²) in [4.78, 5) is 0. The maximum Gasteiger partial charge on any atom is 0.0215 e. The highest BCUT2D eigenvalue weighted by atomic mass is 15.2. The van der Waals surface area contributed by atoms with Crippen LogP contribution in [0.15, 0.2) is 0 Å². The van der Waals surface area contributed by atoms with Crippen molar-refractivity contribution in [3.63, 3.8) is 0 Å². The molecule has 0 unspecified atom stereocenters. The zero-order valence-corrected chi connectivity index (χ0v) is 6.93. The molecule has 0 aromatic carbocycles. The van der Waals surface area contributed by atoms with Crippen LogP contribution in [0, 0.1) is 11.8 Å². The van der Waals surface area contributed by atoms with Crippen LogP contribution in [0.25, 0.3) is 0 Å². The van der Waals surface area contributed by atoms with Crippen molar-refractivity contribution < 1.29 is 0 Å². The summed E-state index contributed by atoms with van der Waals surface area (Å²) in [6.45, 7) is 4.61. The first-order valence-corrected chi connectivity index (χ1v) is 4.18. The van der Waals surface area contributed by atoms with E-state index in [0.29, 0.717) is 6.04 Å². The fourth-order valence-electron chi connectivity index (χ4n) is 2.08. The van der Waals surface area contributed by atoms with Gasteiger partial charge in [0.05, 0.1) is 0 Å². The van der Waals surface area contributed by atoms with Crippen LogP contribution in [0.4, 0.5) is 0 Å². The van der Waals surface area contributed by atoms with Gasteiger partial charge in [-0.3, -0.25) is 11.3 Å². The predicted molar refractivity (Wildman–Crippen MR) is 43.3 cm³/mol. The molecule has 0 aliphatic heterocycles. The first-order valence-electron chi connectivity index (χ1n) is 4.18. The summed E-state index contributed by atoms with van der Waals surface area (Å²) >= 11 is 0. The van der Waals surface area contributed by atoms with Crippen LogP contribution in [-0.2, 0) is 0 Å². The lowest BCUT2D eigenvalue weighted by molar-refractivity contribution is 0.240. The van der Waals surface area contributed by atoms with Gasteiger partial charge < -0.3 is 0 Å². The molecule has 0 aromatic rings. The highest BCUT2D eigenvalue weighted by Gasteiger charge is 2.22. The Balaban J connectivity index is 2.35. The fourth-order valence-corrected chi connectivity index (χ4v) is 2.08. The lowest BCUT2D eigenvalue weighted by atomic mass is 9.81. The largest absolute Gasteiger partial charge is 0.271 e. The van der Waals surface area contributed by atoms with Crippen LogP contribution in [-0.4, -0.2) is 6.04 Å². The zero-order valence-electron chi connectivity index (χ0n) is 6.93. The molecule has 0 radical (unpaired) electrons. The van der Waals surface area contributed by atoms with Gasteiger partial charge in [-0.05, 0) is 31.1 Å². The molecule has 3 N–H and O–H groups in total. The molecule has 0 spiro atoms. The molecule has 1 aliphatic carbocycles. The Labute approximate surface area is 63.1 Å². The molecule has 1 fully saturated rings. The molecule has 2 nitrogen and oxygen atoms in total. The molecule has 0 aromatic heterocycles. The molecule has 2 heteroatoms. The van der Waals surface area contributed by atoms with Crippen molar-refractivity contribution in [2.75, 3.05) is 0 Å². The van der Waals surface area contributed by atoms with Crippen LogP contribution >= 0.6 is 0 Å². The van der Waals surface area contributed by atoms with E-state index >= 15 is 0 Å². The average molecular weight is 142 g/mol. The van der Waals surface area contributed by atoms with Crippen LogP contribution in [0.5, 0.6) is 0 Å². The van der Waals surface area contributed by atoms with Gasteiger partial charge in [0.15, 0.2) is 0 Å². The summed E-state index contributed by atoms with van der Waals surface area (Å²) in [6, 6.07) is 0.568. The third-order valence-corrected chi connectivity index (χ3v) is 2.41. The summed E-state index contributed by atoms with van der Waals surface area (Å²) in [5.74, 6) is 7.08. The monoisotopic (exact) mass is 142 g/mol. The number of nitrogens with one attached hydrogen (secondary N) is 1. The van der Waals surface area contributed by atoms with E-state index in [1.165, 1.54) is 19.3 Å². The molecular formula is C8H18N2. The summed E-state index contributed by atoms with van der Waals surface area (Å²) < 4.78 is 0. The van der Waals surface area contributed by atoms with Gasteiger partial charge in [-0.1, -0.05) is 13.8 Å². The summed E-state index contributed by atoms with van der Waals surface area (Å²) in [7, 11) is 0. The van der Waals surface area contributed by atoms with E-state index < -0.39 is 0 Å². The van der Waals surface area contributed by atoms with Crippen molar-refractivity contribution in [1.29, 1.82) is 0 Å². The standard InChI is InChI=1S/C8H18N2/c1-6-3-7(2)5-8(4-6)10-9/h6-8,10H,3-5,9H2,1-2H3/t6-,7-/m1/s1. The van der Waals surface area contributed by atoms with E-state index in [9.17, 15) is 0 Å². The van der Waals surface area contributed by atoms with Crippen LogP contribution in [0.1, 0.15) is 33.1 Å². The molecule has 1 saturated carbocycles. The van der Waals surface area contributed by atoms with Crippen molar-refractivity contribution in [2.45, 2.75) is 39.2 Å². The van der Waals surface area contributed by atoms with Gasteiger partial charge in [0.25, 0.3) is 0 Å². The topological polar surface area (TPSA) is 38.0 Å². The number of hydrogen-bond donors (Lipinski definition) is 2. The van der Waals surface area contributed by atoms with Gasteiger partial charge in [0.2, 0.25) is 0 Å². The van der Waals surface area contributed by atoms with Crippen molar-refractivity contribution in [2.24, 2.45) is 17.7 Å². The van der Waals surface area contributed by atoms with Crippen molar-refractivity contribution in [1.82, 2.24) is 5.43 Å². The van der Waals surface area contributed by atoms with Gasteiger partial charge in [-0.2, -0.15) is 0 Å². The van der Waals surface area contributed by atoms with E-state index in [2.05, 4.69) is 19.3 Å². The second-order valence-corrected chi connectivity index (χ2v) is 3.78. The van der Waals surface area contributed by atoms with Gasteiger partial charge in [0.1, 0.15) is 0 Å². The SMILES string of the molecule is C[C@H]1CC(NN)C[C@H](C)C1. The first kappa shape index (κ1) is 8.02. The average Bonchev–Trinajstić information content (AvgIpc) is 1.85. The molecule has 0 amide bonds. The minimum Gasteiger partial charge on any atom is -0.271 e. The van der Waals surface area contributed by atoms with E-state index in [1.807, 2.05) is 0 Å². The molecule has 1 aliphatic rings. The lowest BCUT2D eigenvalue weighted by Crippen LogP contribution is -2.40. The second kappa shape index (κ2) is 3.35. The van der Waals surface area contributed by atoms with Crippen molar-refractivity contribution in [3.05, 3.63) is 0 Å². The third kappa shape index (κ3) is 1.96. The Morgan fingerprint density at radius 1 is 1.10 bits per heavy atom. The lowest BCUT2D eigenvalue weighted by Gasteiger charge is -2.30. The maximum atomic E-state index is 5.38. The van der Waals surface area contributed by atoms with Gasteiger partial charge >= 0.3 is 0 Å². The molecule has 2 atom stereocenters. The van der Waals surface area contributed by atoms with E-state index in [4.69, 9.17) is 5.84 Å². The normalized spacial score (nSPS) is 41.7. The molecule has 10 heavy (non-hydrogen) atoms. The molecule has 1 rings (SSSR count). The predicted octanol–water partition coefficient (Wildman–Crippen LogP) is 1.27. The summed E-state index contributed by atoms with van der Waals surface area (Å²) in [6.07, 6.45) is 3.87. The highest BCUT2D eigenvalue weighted by Crippen LogP contribution is 2.27. The Morgan fingerprint density at radius 3 is 2.00 bits per heavy atom. The van der Waals surface area contributed by atoms with Crippen molar-refractivity contribution >= 4 is 0 Å². The minimum atomic E-state index is 0.568. The Bertz CT molecular complexity index is 93.4. The van der Waals surface area contributed by atoms with Crippen LogP contribution < -0.4 is 11.3 Å². The summed E-state index contributed by atoms with van der Waals surface area (Å²) in [5.41, 5.74) is 2.86. The quantitative estimate of drug-likeness (QED) is 0.427. The van der Waals surface area contributed by atoms with E-state index in [-0.39, 0.29) is 0 Å². The minimum absolute atomic E-state index is 0.568. The van der Waals surface area contributed by atoms with Crippen LogP contribution in [0.2, 0.25) is 0 Å². The molecule has 0 heterocycles. The maximum absolute atomic E-state index is 5.38. The molecule has 0 saturated heterocycles. The van der Waals surface area contributed by atoms with Gasteiger partial charge in [-0.15, -0.1) is 0 Å². The van der Waals surface area contributed by atoms with Gasteiger partial charge in [0, 0.05) is 6.04 Å². The number of hydrogen-bond acceptors (Lipinski definition) is 2. The number of hydrazine groups is 1. The molecular weight excluding hydrogens is 124 g/mol. The van der Waals surface area contributed by atoms with Gasteiger partial charge in [-0.25, -0.2) is 0 Å². The Morgan fingerprint density at radius 2 is 1.60 bits per heavy atom. The Hall–Kier alpha value is -0.0800. The zero-order chi connectivity index (χ0) is 7.56. The summed E-state index contributed by atoms with van der Waals surface area (Å²) in [5, 5.41) is 0. The van der Waals surface area contributed by atoms with E-state index in [0.717, 1.165) is 11.8 Å². The van der Waals surface area contributed by atoms with Crippen molar-refractivity contribution in [3.8, 4) is 0 Å². The number of rotatable bonds is 1. The molecule has 60 valence electrons. The third-order valence-electron chi connectivity index (χ3n) is 2.41. The van der Waals surface area contributed by atoms with E-state index in [1.54, 1.807) is 0 Å². The fraction of sp³-hybridized carbons (Fsp3) is 1.00. The first-order chi connectivity index (χ1) is 4.72. The highest BCUT2D eigenvalue weighted by molar-refractivity contribution is 4.77. The second-order valence-electron chi connectivity index (χ2n) is 3.78. The number of nitrogens with two attached hydrogens (primary N) is 1. The smallest absolute Gasteiger partial charge is 0.0215 e. The molecule has 0 bridgehead atoms. The Kier molecular flexibility index (Phi) is 2.69.